The van der Waals surface area contributed by atoms with Crippen LogP contribution in [0.25, 0.3) is 0 Å². The van der Waals surface area contributed by atoms with Crippen LogP contribution in [0, 0.1) is 13.8 Å². The predicted octanol–water partition coefficient (Wildman–Crippen LogP) is 4.71. The van der Waals surface area contributed by atoms with Crippen molar-refractivity contribution in [2.24, 2.45) is 5.10 Å². The predicted molar refractivity (Wildman–Crippen MR) is 116 cm³/mol. The van der Waals surface area contributed by atoms with Crippen LogP contribution in [-0.4, -0.2) is 24.6 Å². The highest BCUT2D eigenvalue weighted by atomic mass is 32.2. The molecule has 5 heteroatoms. The molecule has 4 rings (SSSR count). The molecule has 0 N–H and O–H groups in total. The van der Waals surface area contributed by atoms with Crippen LogP contribution in [0.4, 0.5) is 0 Å². The molecular weight excluding hydrogens is 380 g/mol. The molecule has 3 aromatic rings. The fraction of sp³-hybridized carbons (Fsp3) is 0.208. The zero-order valence-electron chi connectivity index (χ0n) is 16.6. The minimum atomic E-state index is -3.73. The molecule has 0 spiro atoms. The summed E-state index contributed by atoms with van der Waals surface area (Å²) in [5, 5.41) is 4.60. The molecule has 1 heterocycles. The first kappa shape index (κ1) is 19.4. The summed E-state index contributed by atoms with van der Waals surface area (Å²) in [7, 11) is -3.73. The average molecular weight is 405 g/mol. The molecule has 0 fully saturated rings. The standard InChI is InChI=1S/C24H24N2O2S/c1-18-8-12-21(13-9-18)24-17-22(16-20-6-4-3-5-7-20)26(25-24)29(27,28)23-14-10-19(2)11-15-23/h3-15,22H,16-17H2,1-2H3. The molecule has 3 aromatic carbocycles. The van der Waals surface area contributed by atoms with E-state index < -0.39 is 10.0 Å². The van der Waals surface area contributed by atoms with E-state index in [-0.39, 0.29) is 10.9 Å². The fourth-order valence-electron chi connectivity index (χ4n) is 3.57. The van der Waals surface area contributed by atoms with E-state index in [0.29, 0.717) is 12.8 Å². The third-order valence-corrected chi connectivity index (χ3v) is 6.96. The summed E-state index contributed by atoms with van der Waals surface area (Å²) in [6.07, 6.45) is 1.20. The van der Waals surface area contributed by atoms with Gasteiger partial charge in [-0.25, -0.2) is 0 Å². The van der Waals surface area contributed by atoms with E-state index in [9.17, 15) is 8.42 Å². The van der Waals surface area contributed by atoms with Crippen LogP contribution < -0.4 is 0 Å². The number of hydrazone groups is 1. The zero-order chi connectivity index (χ0) is 20.4. The van der Waals surface area contributed by atoms with E-state index in [2.05, 4.69) is 5.10 Å². The molecular formula is C24H24N2O2S. The highest BCUT2D eigenvalue weighted by Gasteiger charge is 2.36. The number of sulfonamides is 1. The van der Waals surface area contributed by atoms with Crippen molar-refractivity contribution in [3.8, 4) is 0 Å². The number of hydrogen-bond donors (Lipinski definition) is 0. The molecule has 0 aromatic heterocycles. The Hall–Kier alpha value is -2.92. The highest BCUT2D eigenvalue weighted by molar-refractivity contribution is 7.89. The van der Waals surface area contributed by atoms with Gasteiger partial charge in [0, 0.05) is 6.42 Å². The first-order valence-electron chi connectivity index (χ1n) is 9.73. The van der Waals surface area contributed by atoms with Crippen LogP contribution in [0.15, 0.2) is 88.9 Å². The Labute approximate surface area is 172 Å². The first-order chi connectivity index (χ1) is 13.9. The average Bonchev–Trinajstić information content (AvgIpc) is 3.14. The summed E-state index contributed by atoms with van der Waals surface area (Å²) in [4.78, 5) is 0.273. The quantitative estimate of drug-likeness (QED) is 0.618. The molecule has 0 radical (unpaired) electrons. The number of hydrogen-bond acceptors (Lipinski definition) is 3. The summed E-state index contributed by atoms with van der Waals surface area (Å²) in [5.74, 6) is 0. The van der Waals surface area contributed by atoms with Crippen LogP contribution >= 0.6 is 0 Å². The molecule has 1 aliphatic heterocycles. The van der Waals surface area contributed by atoms with E-state index in [1.165, 1.54) is 4.41 Å². The van der Waals surface area contributed by atoms with Crippen LogP contribution in [0.1, 0.15) is 28.7 Å². The molecule has 1 atom stereocenters. The Morgan fingerprint density at radius 2 is 1.45 bits per heavy atom. The van der Waals surface area contributed by atoms with Gasteiger partial charge in [-0.2, -0.15) is 17.9 Å². The largest absolute Gasteiger partial charge is 0.279 e. The lowest BCUT2D eigenvalue weighted by molar-refractivity contribution is 0.361. The summed E-state index contributed by atoms with van der Waals surface area (Å²) < 4.78 is 28.1. The van der Waals surface area contributed by atoms with E-state index in [0.717, 1.165) is 28.0 Å². The monoisotopic (exact) mass is 404 g/mol. The molecule has 4 nitrogen and oxygen atoms in total. The second kappa shape index (κ2) is 7.84. The van der Waals surface area contributed by atoms with Gasteiger partial charge in [-0.1, -0.05) is 77.9 Å². The number of aryl methyl sites for hydroxylation is 2. The summed E-state index contributed by atoms with van der Waals surface area (Å²) in [5.41, 5.74) is 5.06. The minimum Gasteiger partial charge on any atom is -0.200 e. The third-order valence-electron chi connectivity index (χ3n) is 5.22. The van der Waals surface area contributed by atoms with Gasteiger partial charge in [-0.05, 0) is 43.5 Å². The van der Waals surface area contributed by atoms with Gasteiger partial charge >= 0.3 is 0 Å². The zero-order valence-corrected chi connectivity index (χ0v) is 17.4. The van der Waals surface area contributed by atoms with Gasteiger partial charge in [0.05, 0.1) is 16.6 Å². The van der Waals surface area contributed by atoms with E-state index in [1.54, 1.807) is 12.1 Å². The van der Waals surface area contributed by atoms with Gasteiger partial charge in [0.25, 0.3) is 10.0 Å². The molecule has 0 bridgehead atoms. The van der Waals surface area contributed by atoms with Gasteiger partial charge in [-0.15, -0.1) is 0 Å². The lowest BCUT2D eigenvalue weighted by atomic mass is 9.99. The second-order valence-electron chi connectivity index (χ2n) is 7.55. The van der Waals surface area contributed by atoms with Crippen molar-refractivity contribution in [2.45, 2.75) is 37.6 Å². The Kier molecular flexibility index (Phi) is 5.24. The summed E-state index contributed by atoms with van der Waals surface area (Å²) >= 11 is 0. The smallest absolute Gasteiger partial charge is 0.200 e. The van der Waals surface area contributed by atoms with Gasteiger partial charge in [0.1, 0.15) is 0 Å². The van der Waals surface area contributed by atoms with Crippen molar-refractivity contribution in [3.63, 3.8) is 0 Å². The number of benzene rings is 3. The van der Waals surface area contributed by atoms with Crippen LogP contribution in [0.3, 0.4) is 0 Å². The Morgan fingerprint density at radius 1 is 0.862 bits per heavy atom. The Bertz CT molecular complexity index is 1120. The van der Waals surface area contributed by atoms with Crippen molar-refractivity contribution in [2.75, 3.05) is 0 Å². The van der Waals surface area contributed by atoms with Gasteiger partial charge in [0.15, 0.2) is 0 Å². The Balaban J connectivity index is 1.72. The number of nitrogens with zero attached hydrogens (tertiary/aromatic N) is 2. The van der Waals surface area contributed by atoms with Gasteiger partial charge < -0.3 is 0 Å². The van der Waals surface area contributed by atoms with Crippen molar-refractivity contribution in [1.82, 2.24) is 4.41 Å². The van der Waals surface area contributed by atoms with Crippen molar-refractivity contribution in [3.05, 3.63) is 101 Å². The fourth-order valence-corrected chi connectivity index (χ4v) is 5.01. The molecule has 1 aliphatic rings. The maximum Gasteiger partial charge on any atom is 0.279 e. The molecule has 148 valence electrons. The van der Waals surface area contributed by atoms with Crippen molar-refractivity contribution >= 4 is 15.7 Å². The topological polar surface area (TPSA) is 49.7 Å². The van der Waals surface area contributed by atoms with Gasteiger partial charge in [0.2, 0.25) is 0 Å². The lowest BCUT2D eigenvalue weighted by Gasteiger charge is -2.23. The second-order valence-corrected chi connectivity index (χ2v) is 9.35. The van der Waals surface area contributed by atoms with E-state index >= 15 is 0 Å². The molecule has 1 unspecified atom stereocenters. The minimum absolute atomic E-state index is 0.250. The normalized spacial score (nSPS) is 16.7. The van der Waals surface area contributed by atoms with Crippen molar-refractivity contribution < 1.29 is 8.42 Å². The SMILES string of the molecule is Cc1ccc(C2=NN(S(=O)(=O)c3ccc(C)cc3)C(Cc3ccccc3)C2)cc1. The van der Waals surface area contributed by atoms with Crippen LogP contribution in [-0.2, 0) is 16.4 Å². The summed E-state index contributed by atoms with van der Waals surface area (Å²) in [6, 6.07) is 24.8. The lowest BCUT2D eigenvalue weighted by Crippen LogP contribution is -2.34. The molecule has 0 saturated carbocycles. The van der Waals surface area contributed by atoms with Gasteiger partial charge in [-0.3, -0.25) is 0 Å². The van der Waals surface area contributed by atoms with Crippen LogP contribution in [0.2, 0.25) is 0 Å². The first-order valence-corrected chi connectivity index (χ1v) is 11.2. The van der Waals surface area contributed by atoms with E-state index in [4.69, 9.17) is 0 Å². The molecule has 0 aliphatic carbocycles. The number of rotatable bonds is 5. The molecule has 29 heavy (non-hydrogen) atoms. The molecule has 0 amide bonds. The summed E-state index contributed by atoms with van der Waals surface area (Å²) in [6.45, 7) is 3.98. The van der Waals surface area contributed by atoms with Crippen LogP contribution in [0.5, 0.6) is 0 Å². The van der Waals surface area contributed by atoms with Crippen molar-refractivity contribution in [1.29, 1.82) is 0 Å². The van der Waals surface area contributed by atoms with E-state index in [1.807, 2.05) is 80.6 Å². The maximum atomic E-state index is 13.4. The molecule has 0 saturated heterocycles. The highest BCUT2D eigenvalue weighted by Crippen LogP contribution is 2.29. The third kappa shape index (κ3) is 4.10. The Morgan fingerprint density at radius 3 is 2.07 bits per heavy atom. The maximum absolute atomic E-state index is 13.4.